The highest BCUT2D eigenvalue weighted by Crippen LogP contribution is 2.10. The zero-order chi connectivity index (χ0) is 15.9. The van der Waals surface area contributed by atoms with E-state index in [1.165, 1.54) is 0 Å². The first-order valence-electron chi connectivity index (χ1n) is 7.35. The molecule has 1 aromatic carbocycles. The first-order chi connectivity index (χ1) is 9.86. The Balaban J connectivity index is 2.39. The van der Waals surface area contributed by atoms with Gasteiger partial charge in [0, 0.05) is 19.1 Å². The van der Waals surface area contributed by atoms with Crippen LogP contribution in [-0.2, 0) is 16.6 Å². The number of sulfonamides is 1. The van der Waals surface area contributed by atoms with Crippen molar-refractivity contribution in [1.29, 1.82) is 0 Å². The van der Waals surface area contributed by atoms with Gasteiger partial charge >= 0.3 is 0 Å². The van der Waals surface area contributed by atoms with Gasteiger partial charge in [0.05, 0.1) is 4.90 Å². The summed E-state index contributed by atoms with van der Waals surface area (Å²) in [4.78, 5) is 2.54. The zero-order valence-corrected chi connectivity index (χ0v) is 14.0. The maximum absolute atomic E-state index is 12.1. The van der Waals surface area contributed by atoms with Gasteiger partial charge in [-0.1, -0.05) is 12.1 Å². The van der Waals surface area contributed by atoms with Crippen LogP contribution in [0.5, 0.6) is 0 Å². The summed E-state index contributed by atoms with van der Waals surface area (Å²) in [6.07, 6.45) is 1.81. The van der Waals surface area contributed by atoms with Crippen molar-refractivity contribution in [3.8, 4) is 0 Å². The number of hydrogen-bond donors (Lipinski definition) is 2. The molecule has 21 heavy (non-hydrogen) atoms. The van der Waals surface area contributed by atoms with Crippen molar-refractivity contribution in [3.05, 3.63) is 29.8 Å². The smallest absolute Gasteiger partial charge is 0.240 e. The fourth-order valence-electron chi connectivity index (χ4n) is 1.84. The van der Waals surface area contributed by atoms with Gasteiger partial charge in [-0.2, -0.15) is 0 Å². The molecule has 120 valence electrons. The lowest BCUT2D eigenvalue weighted by Crippen LogP contribution is -2.29. The van der Waals surface area contributed by atoms with E-state index in [0.717, 1.165) is 24.9 Å². The van der Waals surface area contributed by atoms with E-state index in [4.69, 9.17) is 5.73 Å². The summed E-state index contributed by atoms with van der Waals surface area (Å²) >= 11 is 0. The number of rotatable bonds is 9. The third kappa shape index (κ3) is 6.13. The van der Waals surface area contributed by atoms with Crippen molar-refractivity contribution in [2.45, 2.75) is 44.2 Å². The van der Waals surface area contributed by atoms with E-state index in [9.17, 15) is 8.42 Å². The maximum atomic E-state index is 12.1. The van der Waals surface area contributed by atoms with Gasteiger partial charge in [0.15, 0.2) is 0 Å². The fraction of sp³-hybridized carbons (Fsp3) is 0.600. The molecule has 0 fully saturated rings. The average Bonchev–Trinajstić information content (AvgIpc) is 2.46. The van der Waals surface area contributed by atoms with E-state index in [-0.39, 0.29) is 0 Å². The molecule has 0 atom stereocenters. The quantitative estimate of drug-likeness (QED) is 0.678. The second-order valence-electron chi connectivity index (χ2n) is 5.53. The molecular weight excluding hydrogens is 286 g/mol. The van der Waals surface area contributed by atoms with Crippen molar-refractivity contribution in [1.82, 2.24) is 9.62 Å². The molecule has 3 N–H and O–H groups in total. The Morgan fingerprint density at radius 3 is 2.33 bits per heavy atom. The highest BCUT2D eigenvalue weighted by atomic mass is 32.2. The van der Waals surface area contributed by atoms with Crippen LogP contribution in [0.15, 0.2) is 29.2 Å². The summed E-state index contributed by atoms with van der Waals surface area (Å²) in [5.74, 6) is 0. The molecule has 0 unspecified atom stereocenters. The highest BCUT2D eigenvalue weighted by Gasteiger charge is 2.12. The van der Waals surface area contributed by atoms with Crippen LogP contribution in [0.2, 0.25) is 0 Å². The predicted molar refractivity (Wildman–Crippen MR) is 86.5 cm³/mol. The normalized spacial score (nSPS) is 12.3. The fourth-order valence-corrected chi connectivity index (χ4v) is 2.91. The molecule has 0 aliphatic rings. The summed E-state index contributed by atoms with van der Waals surface area (Å²) in [7, 11) is -1.33. The Bertz CT molecular complexity index is 512. The van der Waals surface area contributed by atoms with E-state index in [1.807, 2.05) is 0 Å². The van der Waals surface area contributed by atoms with Gasteiger partial charge < -0.3 is 10.6 Å². The number of nitrogens with two attached hydrogens (primary N) is 1. The van der Waals surface area contributed by atoms with Crippen LogP contribution in [0.3, 0.4) is 0 Å². The van der Waals surface area contributed by atoms with Gasteiger partial charge in [0.1, 0.15) is 0 Å². The Morgan fingerprint density at radius 2 is 1.81 bits per heavy atom. The molecule has 0 aliphatic carbocycles. The van der Waals surface area contributed by atoms with Crippen LogP contribution >= 0.6 is 0 Å². The Kier molecular flexibility index (Phi) is 7.31. The van der Waals surface area contributed by atoms with E-state index in [0.29, 0.717) is 24.0 Å². The van der Waals surface area contributed by atoms with Crippen LogP contribution in [-0.4, -0.2) is 39.5 Å². The van der Waals surface area contributed by atoms with E-state index in [2.05, 4.69) is 30.5 Å². The van der Waals surface area contributed by atoms with Gasteiger partial charge in [-0.05, 0) is 58.0 Å². The molecule has 1 rings (SSSR count). The molecule has 0 saturated heterocycles. The van der Waals surface area contributed by atoms with Crippen LogP contribution in [0.1, 0.15) is 32.3 Å². The lowest BCUT2D eigenvalue weighted by atomic mass is 10.2. The van der Waals surface area contributed by atoms with Crippen molar-refractivity contribution < 1.29 is 8.42 Å². The lowest BCUT2D eigenvalue weighted by Gasteiger charge is -2.20. The molecule has 0 aromatic heterocycles. The maximum Gasteiger partial charge on any atom is 0.240 e. The second-order valence-corrected chi connectivity index (χ2v) is 7.29. The molecular formula is C15H27N3O2S. The van der Waals surface area contributed by atoms with Gasteiger partial charge in [-0.25, -0.2) is 13.1 Å². The summed E-state index contributed by atoms with van der Waals surface area (Å²) in [5.41, 5.74) is 6.42. The van der Waals surface area contributed by atoms with Crippen molar-refractivity contribution in [2.24, 2.45) is 5.73 Å². The van der Waals surface area contributed by atoms with Gasteiger partial charge in [0.25, 0.3) is 0 Å². The number of hydrogen-bond acceptors (Lipinski definition) is 4. The molecule has 5 nitrogen and oxygen atoms in total. The third-order valence-electron chi connectivity index (χ3n) is 3.58. The summed E-state index contributed by atoms with van der Waals surface area (Å²) in [6, 6.07) is 7.19. The SMILES string of the molecule is CC(C)N(C)CCCCNS(=O)(=O)c1ccc(CN)cc1. The standard InChI is InChI=1S/C15H27N3O2S/c1-13(2)18(3)11-5-4-10-17-21(19,20)15-8-6-14(12-16)7-9-15/h6-9,13,17H,4-5,10-12,16H2,1-3H3. The molecule has 1 aromatic rings. The summed E-state index contributed by atoms with van der Waals surface area (Å²) in [6.45, 7) is 6.15. The largest absolute Gasteiger partial charge is 0.326 e. The van der Waals surface area contributed by atoms with Gasteiger partial charge in [-0.15, -0.1) is 0 Å². The van der Waals surface area contributed by atoms with E-state index in [1.54, 1.807) is 24.3 Å². The minimum absolute atomic E-state index is 0.291. The monoisotopic (exact) mass is 313 g/mol. The van der Waals surface area contributed by atoms with Gasteiger partial charge in [-0.3, -0.25) is 0 Å². The lowest BCUT2D eigenvalue weighted by molar-refractivity contribution is 0.268. The Hall–Kier alpha value is -0.950. The molecule has 6 heteroatoms. The Labute approximate surface area is 128 Å². The molecule has 0 aliphatic heterocycles. The van der Waals surface area contributed by atoms with Crippen molar-refractivity contribution >= 4 is 10.0 Å². The van der Waals surface area contributed by atoms with Crippen LogP contribution in [0, 0.1) is 0 Å². The number of unbranched alkanes of at least 4 members (excludes halogenated alkanes) is 1. The molecule has 0 heterocycles. The average molecular weight is 313 g/mol. The second kappa shape index (κ2) is 8.48. The summed E-state index contributed by atoms with van der Waals surface area (Å²) < 4.78 is 26.8. The van der Waals surface area contributed by atoms with Crippen molar-refractivity contribution in [3.63, 3.8) is 0 Å². The van der Waals surface area contributed by atoms with Crippen LogP contribution < -0.4 is 10.5 Å². The Morgan fingerprint density at radius 1 is 1.19 bits per heavy atom. The first kappa shape index (κ1) is 18.1. The number of nitrogens with one attached hydrogen (secondary N) is 1. The molecule has 0 bridgehead atoms. The molecule has 0 saturated carbocycles. The number of benzene rings is 1. The van der Waals surface area contributed by atoms with E-state index >= 15 is 0 Å². The molecule has 0 amide bonds. The zero-order valence-electron chi connectivity index (χ0n) is 13.2. The van der Waals surface area contributed by atoms with Crippen LogP contribution in [0.4, 0.5) is 0 Å². The van der Waals surface area contributed by atoms with E-state index < -0.39 is 10.0 Å². The highest BCUT2D eigenvalue weighted by molar-refractivity contribution is 7.89. The topological polar surface area (TPSA) is 75.4 Å². The minimum atomic E-state index is -3.41. The van der Waals surface area contributed by atoms with Crippen LogP contribution in [0.25, 0.3) is 0 Å². The summed E-state index contributed by atoms with van der Waals surface area (Å²) in [5, 5.41) is 0. The van der Waals surface area contributed by atoms with Gasteiger partial charge in [0.2, 0.25) is 10.0 Å². The predicted octanol–water partition coefficient (Wildman–Crippen LogP) is 1.54. The molecule has 0 radical (unpaired) electrons. The van der Waals surface area contributed by atoms with Crippen molar-refractivity contribution in [2.75, 3.05) is 20.1 Å². The minimum Gasteiger partial charge on any atom is -0.326 e. The molecule has 0 spiro atoms. The first-order valence-corrected chi connectivity index (χ1v) is 8.84. The number of nitrogens with zero attached hydrogens (tertiary/aromatic N) is 1. The third-order valence-corrected chi connectivity index (χ3v) is 5.06.